The Bertz CT molecular complexity index is 1210. The Hall–Kier alpha value is -3.05. The van der Waals surface area contributed by atoms with Crippen LogP contribution in [0.3, 0.4) is 0 Å². The number of nitrogens with one attached hydrogen (secondary N) is 2. The first-order valence-corrected chi connectivity index (χ1v) is 13.0. The molecule has 1 aromatic heterocycles. The second kappa shape index (κ2) is 10.7. The second-order valence-corrected chi connectivity index (χ2v) is 10.4. The third kappa shape index (κ3) is 6.48. The summed E-state index contributed by atoms with van der Waals surface area (Å²) in [4.78, 5) is 12.5. The van der Waals surface area contributed by atoms with E-state index in [1.165, 1.54) is 24.4 Å². The third-order valence-electron chi connectivity index (χ3n) is 4.82. The van der Waals surface area contributed by atoms with Gasteiger partial charge in [-0.05, 0) is 42.7 Å². The van der Waals surface area contributed by atoms with Crippen LogP contribution in [0.4, 0.5) is 11.4 Å². The Morgan fingerprint density at radius 3 is 2.55 bits per heavy atom. The highest BCUT2D eigenvalue weighted by atomic mass is 32.2. The number of hydrogen-bond acceptors (Lipinski definition) is 7. The number of thioether (sulfide) groups is 1. The highest BCUT2D eigenvalue weighted by Gasteiger charge is 2.14. The molecule has 2 aromatic carbocycles. The highest BCUT2D eigenvalue weighted by molar-refractivity contribution is 7.99. The largest absolute Gasteiger partial charge is 0.494 e. The number of benzene rings is 2. The maximum absolute atomic E-state index is 12.5. The molecule has 0 aliphatic carbocycles. The number of amides is 1. The summed E-state index contributed by atoms with van der Waals surface area (Å²) in [7, 11) is -2.01. The van der Waals surface area contributed by atoms with Crippen LogP contribution in [0.2, 0.25) is 0 Å². The number of nitrogens with zero attached hydrogens (tertiary/aromatic N) is 3. The van der Waals surface area contributed by atoms with E-state index in [9.17, 15) is 13.2 Å². The molecular weight excluding hydrogens is 462 g/mol. The quantitative estimate of drug-likeness (QED) is 0.415. The molecule has 0 atom stereocenters. The summed E-state index contributed by atoms with van der Waals surface area (Å²) < 4.78 is 33.2. The van der Waals surface area contributed by atoms with E-state index in [4.69, 9.17) is 4.74 Å². The maximum atomic E-state index is 12.5. The number of methoxy groups -OCH3 is 1. The third-order valence-corrected chi connectivity index (χ3v) is 7.05. The molecule has 176 valence electrons. The summed E-state index contributed by atoms with van der Waals surface area (Å²) in [5.41, 5.74) is 2.96. The molecule has 0 fully saturated rings. The lowest BCUT2D eigenvalue weighted by Gasteiger charge is -2.13. The highest BCUT2D eigenvalue weighted by Crippen LogP contribution is 2.29. The average molecular weight is 490 g/mol. The van der Waals surface area contributed by atoms with Crippen molar-refractivity contribution in [3.05, 3.63) is 54.4 Å². The first-order chi connectivity index (χ1) is 15.7. The molecule has 33 heavy (non-hydrogen) atoms. The van der Waals surface area contributed by atoms with Crippen LogP contribution in [0, 0.1) is 0 Å². The second-order valence-electron chi connectivity index (χ2n) is 7.49. The van der Waals surface area contributed by atoms with Gasteiger partial charge in [0, 0.05) is 17.4 Å². The lowest BCUT2D eigenvalue weighted by atomic mass is 10.0. The summed E-state index contributed by atoms with van der Waals surface area (Å²) >= 11 is 1.26. The molecule has 0 aliphatic heterocycles. The fourth-order valence-corrected chi connectivity index (χ4v) is 4.32. The molecule has 11 heteroatoms. The van der Waals surface area contributed by atoms with E-state index in [0.717, 1.165) is 5.69 Å². The SMILES string of the molecule is CCS(=O)(=O)Nc1ccc(NC(=O)CSc2nncn2-c2ccc(C(C)C)cc2)cc1OC. The Morgan fingerprint density at radius 2 is 1.91 bits per heavy atom. The van der Waals surface area contributed by atoms with Gasteiger partial charge < -0.3 is 10.1 Å². The number of ether oxygens (including phenoxy) is 1. The van der Waals surface area contributed by atoms with Gasteiger partial charge in [-0.3, -0.25) is 14.1 Å². The predicted molar refractivity (Wildman–Crippen MR) is 131 cm³/mol. The number of carbonyl (C=O) groups excluding carboxylic acids is 1. The van der Waals surface area contributed by atoms with Crippen molar-refractivity contribution in [3.63, 3.8) is 0 Å². The minimum Gasteiger partial charge on any atom is -0.494 e. The van der Waals surface area contributed by atoms with Gasteiger partial charge in [-0.1, -0.05) is 37.7 Å². The van der Waals surface area contributed by atoms with Gasteiger partial charge in [-0.25, -0.2) is 8.42 Å². The molecule has 0 unspecified atom stereocenters. The molecule has 0 saturated carbocycles. The van der Waals surface area contributed by atoms with Crippen molar-refractivity contribution in [2.75, 3.05) is 28.7 Å². The van der Waals surface area contributed by atoms with Crippen LogP contribution in [-0.4, -0.2) is 47.7 Å². The minimum atomic E-state index is -3.44. The van der Waals surface area contributed by atoms with E-state index >= 15 is 0 Å². The molecule has 1 heterocycles. The fourth-order valence-electron chi connectivity index (χ4n) is 2.94. The molecule has 9 nitrogen and oxygen atoms in total. The standard InChI is InChI=1S/C22H27N5O4S2/c1-5-33(29,30)26-19-11-8-17(12-20(19)31-4)24-21(28)13-32-22-25-23-14-27(22)18-9-6-16(7-10-18)15(2)3/h6-12,14-15,26H,5,13H2,1-4H3,(H,24,28). The van der Waals surface area contributed by atoms with Gasteiger partial charge in [0.2, 0.25) is 15.9 Å². The van der Waals surface area contributed by atoms with Gasteiger partial charge in [0.25, 0.3) is 0 Å². The van der Waals surface area contributed by atoms with Crippen LogP contribution in [-0.2, 0) is 14.8 Å². The molecule has 1 amide bonds. The van der Waals surface area contributed by atoms with E-state index in [2.05, 4.69) is 46.2 Å². The normalized spacial score (nSPS) is 11.4. The van der Waals surface area contributed by atoms with E-state index < -0.39 is 10.0 Å². The molecule has 2 N–H and O–H groups in total. The van der Waals surface area contributed by atoms with Crippen molar-refractivity contribution < 1.29 is 17.9 Å². The van der Waals surface area contributed by atoms with Crippen molar-refractivity contribution in [2.45, 2.75) is 31.8 Å². The summed E-state index contributed by atoms with van der Waals surface area (Å²) in [6, 6.07) is 12.9. The molecule has 0 bridgehead atoms. The van der Waals surface area contributed by atoms with E-state index in [0.29, 0.717) is 28.2 Å². The van der Waals surface area contributed by atoms with Gasteiger partial charge >= 0.3 is 0 Å². The Morgan fingerprint density at radius 1 is 1.18 bits per heavy atom. The van der Waals surface area contributed by atoms with Crippen LogP contribution in [0.1, 0.15) is 32.3 Å². The van der Waals surface area contributed by atoms with E-state index in [-0.39, 0.29) is 17.4 Å². The first-order valence-electron chi connectivity index (χ1n) is 10.3. The van der Waals surface area contributed by atoms with Crippen LogP contribution < -0.4 is 14.8 Å². The van der Waals surface area contributed by atoms with Crippen molar-refractivity contribution in [3.8, 4) is 11.4 Å². The molecule has 3 rings (SSSR count). The molecule has 0 aliphatic rings. The van der Waals surface area contributed by atoms with Crippen LogP contribution >= 0.6 is 11.8 Å². The molecule has 0 spiro atoms. The zero-order chi connectivity index (χ0) is 24.0. The first kappa shape index (κ1) is 24.6. The minimum absolute atomic E-state index is 0.0572. The van der Waals surface area contributed by atoms with Gasteiger partial charge in [0.1, 0.15) is 12.1 Å². The Balaban J connectivity index is 1.64. The number of anilines is 2. The van der Waals surface area contributed by atoms with Gasteiger partial charge in [0.05, 0.1) is 24.3 Å². The number of carbonyl (C=O) groups is 1. The maximum Gasteiger partial charge on any atom is 0.234 e. The topological polar surface area (TPSA) is 115 Å². The van der Waals surface area contributed by atoms with Crippen LogP contribution in [0.15, 0.2) is 53.9 Å². The zero-order valence-corrected chi connectivity index (χ0v) is 20.5. The Labute approximate surface area is 198 Å². The summed E-state index contributed by atoms with van der Waals surface area (Å²) in [6.07, 6.45) is 1.62. The lowest BCUT2D eigenvalue weighted by Crippen LogP contribution is -2.16. The summed E-state index contributed by atoms with van der Waals surface area (Å²) in [5.74, 6) is 0.570. The molecule has 3 aromatic rings. The van der Waals surface area contributed by atoms with Gasteiger partial charge in [-0.15, -0.1) is 10.2 Å². The van der Waals surface area contributed by atoms with Crippen LogP contribution in [0.5, 0.6) is 5.75 Å². The van der Waals surface area contributed by atoms with Crippen molar-refractivity contribution in [1.82, 2.24) is 14.8 Å². The van der Waals surface area contributed by atoms with E-state index in [1.54, 1.807) is 31.5 Å². The Kier molecular flexibility index (Phi) is 7.98. The zero-order valence-electron chi connectivity index (χ0n) is 18.9. The van der Waals surface area contributed by atoms with E-state index in [1.807, 2.05) is 16.7 Å². The van der Waals surface area contributed by atoms with Gasteiger partial charge in [-0.2, -0.15) is 0 Å². The number of hydrogen-bond donors (Lipinski definition) is 2. The molecule has 0 saturated heterocycles. The average Bonchev–Trinajstić information content (AvgIpc) is 3.27. The number of sulfonamides is 1. The monoisotopic (exact) mass is 489 g/mol. The number of rotatable bonds is 10. The molecule has 0 radical (unpaired) electrons. The fraction of sp³-hybridized carbons (Fsp3) is 0.318. The smallest absolute Gasteiger partial charge is 0.234 e. The summed E-state index contributed by atoms with van der Waals surface area (Å²) in [5, 5.41) is 11.5. The van der Waals surface area contributed by atoms with Crippen molar-refractivity contribution in [1.29, 1.82) is 0 Å². The van der Waals surface area contributed by atoms with Gasteiger partial charge in [0.15, 0.2) is 5.16 Å². The van der Waals surface area contributed by atoms with Crippen molar-refractivity contribution in [2.24, 2.45) is 0 Å². The summed E-state index contributed by atoms with van der Waals surface area (Å²) in [6.45, 7) is 5.82. The van der Waals surface area contributed by atoms with Crippen molar-refractivity contribution >= 4 is 39.1 Å². The number of aromatic nitrogens is 3. The molecular formula is C22H27N5O4S2. The predicted octanol–water partition coefficient (Wildman–Crippen LogP) is 3.89. The lowest BCUT2D eigenvalue weighted by molar-refractivity contribution is -0.113. The van der Waals surface area contributed by atoms with Crippen LogP contribution in [0.25, 0.3) is 5.69 Å².